The molecule has 0 bridgehead atoms. The molecular formula is C25H22BrClN2O5. The van der Waals surface area contributed by atoms with Crippen LogP contribution in [0, 0.1) is 11.8 Å². The Balaban J connectivity index is 1.48. The molecule has 34 heavy (non-hydrogen) atoms. The first-order valence-electron chi connectivity index (χ1n) is 10.8. The van der Waals surface area contributed by atoms with E-state index in [9.17, 15) is 19.2 Å². The molecule has 0 unspecified atom stereocenters. The SMILES string of the molecule is O=C(COC(=O)[C@@H](Cc1ccccc1)N1C(=O)[C@H]2CC=CC[C@H]2C1=O)Nc1ccc(Br)cc1Cl. The van der Waals surface area contributed by atoms with Crippen LogP contribution in [0.1, 0.15) is 18.4 Å². The fourth-order valence-corrected chi connectivity index (χ4v) is 4.98. The van der Waals surface area contributed by atoms with Crippen LogP contribution in [0.5, 0.6) is 0 Å². The number of hydrogen-bond donors (Lipinski definition) is 1. The molecule has 3 amide bonds. The average molecular weight is 546 g/mol. The van der Waals surface area contributed by atoms with E-state index in [-0.39, 0.29) is 18.2 Å². The number of imide groups is 1. The van der Waals surface area contributed by atoms with Gasteiger partial charge < -0.3 is 10.1 Å². The molecule has 4 rings (SSSR count). The maximum atomic E-state index is 13.1. The molecule has 1 aliphatic carbocycles. The van der Waals surface area contributed by atoms with Gasteiger partial charge in [-0.15, -0.1) is 0 Å². The topological polar surface area (TPSA) is 92.8 Å². The summed E-state index contributed by atoms with van der Waals surface area (Å²) in [6, 6.07) is 12.9. The van der Waals surface area contributed by atoms with Gasteiger partial charge in [-0.2, -0.15) is 0 Å². The second-order valence-electron chi connectivity index (χ2n) is 8.19. The van der Waals surface area contributed by atoms with E-state index in [2.05, 4.69) is 21.2 Å². The summed E-state index contributed by atoms with van der Waals surface area (Å²) in [4.78, 5) is 52.7. The highest BCUT2D eigenvalue weighted by molar-refractivity contribution is 9.10. The summed E-state index contributed by atoms with van der Waals surface area (Å²) < 4.78 is 6.02. The summed E-state index contributed by atoms with van der Waals surface area (Å²) in [5, 5.41) is 2.90. The lowest BCUT2D eigenvalue weighted by atomic mass is 9.85. The number of esters is 1. The van der Waals surface area contributed by atoms with Gasteiger partial charge in [-0.1, -0.05) is 70.0 Å². The third-order valence-corrected chi connectivity index (χ3v) is 6.75. The number of benzene rings is 2. The summed E-state index contributed by atoms with van der Waals surface area (Å²) in [7, 11) is 0. The van der Waals surface area contributed by atoms with Crippen molar-refractivity contribution in [2.45, 2.75) is 25.3 Å². The maximum absolute atomic E-state index is 13.1. The number of likely N-dealkylation sites (tertiary alicyclic amines) is 1. The second kappa shape index (κ2) is 10.5. The van der Waals surface area contributed by atoms with Crippen molar-refractivity contribution in [2.24, 2.45) is 11.8 Å². The fraction of sp³-hybridized carbons (Fsp3) is 0.280. The standard InChI is InChI=1S/C25H22BrClN2O5/c26-16-10-11-20(19(27)13-16)28-22(30)14-34-25(33)21(12-15-6-2-1-3-7-15)29-23(31)17-8-4-5-9-18(17)24(29)32/h1-7,10-11,13,17-18,21H,8-9,12,14H2,(H,28,30)/t17-,18+,21-/m1/s1. The molecule has 3 atom stereocenters. The maximum Gasteiger partial charge on any atom is 0.330 e. The molecule has 1 aliphatic heterocycles. The van der Waals surface area contributed by atoms with E-state index in [1.165, 1.54) is 0 Å². The van der Waals surface area contributed by atoms with Gasteiger partial charge in [0.05, 0.1) is 22.5 Å². The Morgan fingerprint density at radius 2 is 1.71 bits per heavy atom. The van der Waals surface area contributed by atoms with Gasteiger partial charge in [0, 0.05) is 10.9 Å². The zero-order chi connectivity index (χ0) is 24.2. The first kappa shape index (κ1) is 24.2. The third kappa shape index (κ3) is 5.23. The normalized spacial score (nSPS) is 20.1. The van der Waals surface area contributed by atoms with Crippen LogP contribution in [0.2, 0.25) is 5.02 Å². The van der Waals surface area contributed by atoms with E-state index in [1.807, 2.05) is 42.5 Å². The number of carbonyl (C=O) groups is 4. The highest BCUT2D eigenvalue weighted by atomic mass is 79.9. The smallest absolute Gasteiger partial charge is 0.330 e. The Morgan fingerprint density at radius 1 is 1.06 bits per heavy atom. The molecule has 1 saturated heterocycles. The summed E-state index contributed by atoms with van der Waals surface area (Å²) >= 11 is 9.41. The predicted molar refractivity (Wildman–Crippen MR) is 130 cm³/mol. The van der Waals surface area contributed by atoms with Crippen molar-refractivity contribution >= 4 is 56.9 Å². The Hall–Kier alpha value is -2.97. The fourth-order valence-electron chi connectivity index (χ4n) is 4.26. The number of nitrogens with one attached hydrogen (secondary N) is 1. The lowest BCUT2D eigenvalue weighted by molar-refractivity contribution is -0.159. The molecule has 0 spiro atoms. The monoisotopic (exact) mass is 544 g/mol. The lowest BCUT2D eigenvalue weighted by Crippen LogP contribution is -2.48. The number of nitrogens with zero attached hydrogens (tertiary/aromatic N) is 1. The number of allylic oxidation sites excluding steroid dienone is 2. The lowest BCUT2D eigenvalue weighted by Gasteiger charge is -2.25. The molecule has 7 nitrogen and oxygen atoms in total. The zero-order valence-corrected chi connectivity index (χ0v) is 20.4. The van der Waals surface area contributed by atoms with Crippen molar-refractivity contribution in [1.82, 2.24) is 4.90 Å². The molecule has 2 aromatic carbocycles. The van der Waals surface area contributed by atoms with Gasteiger partial charge in [-0.05, 0) is 36.6 Å². The minimum atomic E-state index is -1.16. The molecule has 0 saturated carbocycles. The summed E-state index contributed by atoms with van der Waals surface area (Å²) in [6.07, 6.45) is 4.81. The van der Waals surface area contributed by atoms with Crippen LogP contribution in [0.25, 0.3) is 0 Å². The molecule has 2 aliphatic rings. The second-order valence-corrected chi connectivity index (χ2v) is 9.51. The molecule has 1 fully saturated rings. The molecule has 9 heteroatoms. The van der Waals surface area contributed by atoms with Gasteiger partial charge in [-0.25, -0.2) is 4.79 Å². The van der Waals surface area contributed by atoms with Crippen molar-refractivity contribution in [3.63, 3.8) is 0 Å². The number of carbonyl (C=O) groups excluding carboxylic acids is 4. The number of fused-ring (bicyclic) bond motifs is 1. The van der Waals surface area contributed by atoms with Crippen LogP contribution >= 0.6 is 27.5 Å². The first-order chi connectivity index (χ1) is 16.3. The number of anilines is 1. The minimum Gasteiger partial charge on any atom is -0.454 e. The van der Waals surface area contributed by atoms with E-state index >= 15 is 0 Å². The van der Waals surface area contributed by atoms with E-state index in [0.717, 1.165) is 14.9 Å². The predicted octanol–water partition coefficient (Wildman–Crippen LogP) is 4.15. The van der Waals surface area contributed by atoms with Crippen LogP contribution in [0.3, 0.4) is 0 Å². The zero-order valence-electron chi connectivity index (χ0n) is 18.1. The quantitative estimate of drug-likeness (QED) is 0.321. The van der Waals surface area contributed by atoms with Crippen LogP contribution in [0.15, 0.2) is 65.2 Å². The van der Waals surface area contributed by atoms with E-state index in [1.54, 1.807) is 18.2 Å². The first-order valence-corrected chi connectivity index (χ1v) is 12.0. The molecule has 2 aromatic rings. The summed E-state index contributed by atoms with van der Waals surface area (Å²) in [5.41, 5.74) is 1.14. The van der Waals surface area contributed by atoms with Crippen LogP contribution in [0.4, 0.5) is 5.69 Å². The Morgan fingerprint density at radius 3 is 2.32 bits per heavy atom. The van der Waals surface area contributed by atoms with Crippen molar-refractivity contribution in [3.05, 3.63) is 75.7 Å². The van der Waals surface area contributed by atoms with Gasteiger partial charge in [0.15, 0.2) is 6.61 Å². The van der Waals surface area contributed by atoms with Gasteiger partial charge in [-0.3, -0.25) is 19.3 Å². The van der Waals surface area contributed by atoms with Crippen molar-refractivity contribution < 1.29 is 23.9 Å². The molecule has 0 aromatic heterocycles. The third-order valence-electron chi connectivity index (χ3n) is 5.95. The van der Waals surface area contributed by atoms with Crippen LogP contribution < -0.4 is 5.32 Å². The summed E-state index contributed by atoms with van der Waals surface area (Å²) in [6.45, 7) is -0.582. The number of hydrogen-bond acceptors (Lipinski definition) is 5. The number of amides is 3. The Labute approximate surface area is 210 Å². The molecular weight excluding hydrogens is 524 g/mol. The van der Waals surface area contributed by atoms with E-state index < -0.39 is 36.4 Å². The van der Waals surface area contributed by atoms with Gasteiger partial charge in [0.2, 0.25) is 11.8 Å². The largest absolute Gasteiger partial charge is 0.454 e. The number of rotatable bonds is 7. The van der Waals surface area contributed by atoms with Crippen LogP contribution in [-0.2, 0) is 30.3 Å². The molecule has 1 heterocycles. The van der Waals surface area contributed by atoms with Crippen molar-refractivity contribution in [3.8, 4) is 0 Å². The average Bonchev–Trinajstić information content (AvgIpc) is 3.08. The number of halogens is 2. The Bertz CT molecular complexity index is 1130. The molecule has 0 radical (unpaired) electrons. The van der Waals surface area contributed by atoms with Gasteiger partial charge in [0.25, 0.3) is 5.91 Å². The van der Waals surface area contributed by atoms with Crippen molar-refractivity contribution in [1.29, 1.82) is 0 Å². The summed E-state index contributed by atoms with van der Waals surface area (Å²) in [5.74, 6) is -3.08. The van der Waals surface area contributed by atoms with Gasteiger partial charge >= 0.3 is 5.97 Å². The minimum absolute atomic E-state index is 0.101. The molecule has 176 valence electrons. The Kier molecular flexibility index (Phi) is 7.48. The highest BCUT2D eigenvalue weighted by Gasteiger charge is 2.51. The van der Waals surface area contributed by atoms with E-state index in [4.69, 9.17) is 16.3 Å². The van der Waals surface area contributed by atoms with Crippen molar-refractivity contribution in [2.75, 3.05) is 11.9 Å². The van der Waals surface area contributed by atoms with Crippen LogP contribution in [-0.4, -0.2) is 41.2 Å². The highest BCUT2D eigenvalue weighted by Crippen LogP contribution is 2.37. The van der Waals surface area contributed by atoms with E-state index in [0.29, 0.717) is 23.6 Å². The van der Waals surface area contributed by atoms with Gasteiger partial charge in [0.1, 0.15) is 6.04 Å². The molecule has 1 N–H and O–H groups in total. The number of ether oxygens (including phenoxy) is 1.